The van der Waals surface area contributed by atoms with Gasteiger partial charge in [-0.3, -0.25) is 0 Å². The fourth-order valence-corrected chi connectivity index (χ4v) is 0.833. The van der Waals surface area contributed by atoms with Crippen LogP contribution in [0.4, 0.5) is 0 Å². The maximum atomic E-state index is 9.71. The lowest BCUT2D eigenvalue weighted by Crippen LogP contribution is -1.85. The molecule has 0 saturated carbocycles. The molecule has 3 nitrogen and oxygen atoms in total. The first kappa shape index (κ1) is 7.92. The van der Waals surface area contributed by atoms with Gasteiger partial charge in [0.05, 0.1) is 12.2 Å². The van der Waals surface area contributed by atoms with Crippen molar-refractivity contribution in [2.45, 2.75) is 6.54 Å². The average molecular weight is 169 g/mol. The molecule has 1 rings (SSSR count). The molecule has 1 aromatic rings. The van der Waals surface area contributed by atoms with Crippen molar-refractivity contribution >= 4 is 17.7 Å². The first-order chi connectivity index (χ1) is 5.33. The van der Waals surface area contributed by atoms with Crippen molar-refractivity contribution in [3.8, 4) is 0 Å². The fourth-order valence-electron chi connectivity index (χ4n) is 0.652. The third kappa shape index (κ3) is 2.50. The molecule has 1 heterocycles. The Labute approximate surface area is 68.7 Å². The summed E-state index contributed by atoms with van der Waals surface area (Å²) in [7, 11) is 0. The summed E-state index contributed by atoms with van der Waals surface area (Å²) >= 11 is 5.57. The highest BCUT2D eigenvalue weighted by Crippen LogP contribution is 2.05. The minimum Gasteiger partial charge on any atom is -0.239 e. The van der Waals surface area contributed by atoms with Crippen LogP contribution in [0.3, 0.4) is 0 Å². The van der Waals surface area contributed by atoms with Gasteiger partial charge in [0.15, 0.2) is 0 Å². The number of rotatable bonds is 2. The monoisotopic (exact) mass is 168 g/mol. The smallest absolute Gasteiger partial charge is 0.235 e. The maximum absolute atomic E-state index is 9.71. The molecule has 56 valence electrons. The number of carbonyl (C=O) groups excluding carboxylic acids is 1. The number of hydrogen-bond acceptors (Lipinski definition) is 3. The highest BCUT2D eigenvalue weighted by Gasteiger charge is 1.92. The van der Waals surface area contributed by atoms with Gasteiger partial charge in [0.25, 0.3) is 0 Å². The number of nitrogens with zero attached hydrogens (tertiary/aromatic N) is 2. The molecule has 0 bridgehead atoms. The van der Waals surface area contributed by atoms with Crippen molar-refractivity contribution in [3.63, 3.8) is 0 Å². The Balaban J connectivity index is 2.79. The lowest BCUT2D eigenvalue weighted by molar-refractivity contribution is 0.562. The topological polar surface area (TPSA) is 42.3 Å². The Hall–Kier alpha value is -1.18. The summed E-state index contributed by atoms with van der Waals surface area (Å²) in [6.45, 7) is 0.240. The molecule has 0 N–H and O–H groups in total. The summed E-state index contributed by atoms with van der Waals surface area (Å²) in [5, 5.41) is 0.406. The third-order valence-corrected chi connectivity index (χ3v) is 1.29. The first-order valence-electron chi connectivity index (χ1n) is 2.98. The Kier molecular flexibility index (Phi) is 2.78. The Bertz CT molecular complexity index is 294. The molecule has 0 aliphatic heterocycles. The second-order valence-corrected chi connectivity index (χ2v) is 2.25. The van der Waals surface area contributed by atoms with Gasteiger partial charge in [0.1, 0.15) is 5.15 Å². The van der Waals surface area contributed by atoms with Gasteiger partial charge in [-0.25, -0.2) is 9.78 Å². The van der Waals surface area contributed by atoms with E-state index >= 15 is 0 Å². The maximum Gasteiger partial charge on any atom is 0.235 e. The minimum atomic E-state index is 0.240. The molecule has 0 radical (unpaired) electrons. The van der Waals surface area contributed by atoms with E-state index in [4.69, 9.17) is 11.6 Å². The molecule has 0 saturated heterocycles. The van der Waals surface area contributed by atoms with Crippen molar-refractivity contribution in [1.82, 2.24) is 4.98 Å². The summed E-state index contributed by atoms with van der Waals surface area (Å²) in [6, 6.07) is 5.16. The highest BCUT2D eigenvalue weighted by molar-refractivity contribution is 6.29. The Morgan fingerprint density at radius 2 is 2.45 bits per heavy atom. The summed E-state index contributed by atoms with van der Waals surface area (Å²) in [5.41, 5.74) is 0.667. The van der Waals surface area contributed by atoms with Crippen LogP contribution in [0, 0.1) is 0 Å². The van der Waals surface area contributed by atoms with Crippen molar-refractivity contribution in [2.24, 2.45) is 4.99 Å². The molecule has 0 amide bonds. The first-order valence-corrected chi connectivity index (χ1v) is 3.36. The van der Waals surface area contributed by atoms with Crippen molar-refractivity contribution < 1.29 is 4.79 Å². The summed E-state index contributed by atoms with van der Waals surface area (Å²) in [5.74, 6) is 0. The van der Waals surface area contributed by atoms with E-state index in [2.05, 4.69) is 9.98 Å². The van der Waals surface area contributed by atoms with E-state index < -0.39 is 0 Å². The summed E-state index contributed by atoms with van der Waals surface area (Å²) < 4.78 is 0. The van der Waals surface area contributed by atoms with Gasteiger partial charge >= 0.3 is 0 Å². The van der Waals surface area contributed by atoms with Gasteiger partial charge in [0.2, 0.25) is 6.08 Å². The van der Waals surface area contributed by atoms with Crippen LogP contribution in [-0.2, 0) is 11.3 Å². The molecule has 1 aromatic heterocycles. The molecule has 0 spiro atoms. The van der Waals surface area contributed by atoms with E-state index in [1.165, 1.54) is 6.08 Å². The van der Waals surface area contributed by atoms with Gasteiger partial charge in [-0.2, -0.15) is 4.99 Å². The number of aliphatic imine (C=N–C) groups is 1. The van der Waals surface area contributed by atoms with Gasteiger partial charge < -0.3 is 0 Å². The second kappa shape index (κ2) is 3.86. The van der Waals surface area contributed by atoms with Crippen LogP contribution < -0.4 is 0 Å². The normalized spacial score (nSPS) is 8.82. The van der Waals surface area contributed by atoms with Gasteiger partial charge in [-0.15, -0.1) is 0 Å². The van der Waals surface area contributed by atoms with Gasteiger partial charge in [-0.1, -0.05) is 17.7 Å². The lowest BCUT2D eigenvalue weighted by atomic mass is 10.3. The molecule has 0 atom stereocenters. The molecule has 0 aliphatic rings. The number of pyridine rings is 1. The largest absolute Gasteiger partial charge is 0.239 e. The molecule has 0 unspecified atom stereocenters. The fraction of sp³-hybridized carbons (Fsp3) is 0.143. The average Bonchev–Trinajstić information content (AvgIpc) is 2.01. The second-order valence-electron chi connectivity index (χ2n) is 1.86. The van der Waals surface area contributed by atoms with E-state index in [0.717, 1.165) is 0 Å². The van der Waals surface area contributed by atoms with Crippen LogP contribution in [0.5, 0.6) is 0 Å². The van der Waals surface area contributed by atoms with E-state index in [1.807, 2.05) is 0 Å². The zero-order valence-corrected chi connectivity index (χ0v) is 6.38. The summed E-state index contributed by atoms with van der Waals surface area (Å²) in [6.07, 6.45) is 1.43. The van der Waals surface area contributed by atoms with Gasteiger partial charge in [-0.05, 0) is 12.1 Å². The van der Waals surface area contributed by atoms with E-state index in [-0.39, 0.29) is 6.54 Å². The van der Waals surface area contributed by atoms with E-state index in [1.54, 1.807) is 18.2 Å². The standard InChI is InChI=1S/C7H5ClN2O/c8-7-3-1-2-6(10-7)4-9-5-11/h1-3H,4H2. The molecular formula is C7H5ClN2O. The predicted molar refractivity (Wildman–Crippen MR) is 41.1 cm³/mol. The van der Waals surface area contributed by atoms with Gasteiger partial charge in [0, 0.05) is 0 Å². The van der Waals surface area contributed by atoms with Crippen molar-refractivity contribution in [1.29, 1.82) is 0 Å². The van der Waals surface area contributed by atoms with Crippen LogP contribution in [0.15, 0.2) is 23.2 Å². The third-order valence-electron chi connectivity index (χ3n) is 1.08. The number of hydrogen-bond donors (Lipinski definition) is 0. The lowest BCUT2D eigenvalue weighted by Gasteiger charge is -1.92. The molecule has 0 aromatic carbocycles. The minimum absolute atomic E-state index is 0.240. The molecule has 11 heavy (non-hydrogen) atoms. The Morgan fingerprint density at radius 1 is 1.64 bits per heavy atom. The highest BCUT2D eigenvalue weighted by atomic mass is 35.5. The quantitative estimate of drug-likeness (QED) is 0.382. The predicted octanol–water partition coefficient (Wildman–Crippen LogP) is 1.57. The number of aromatic nitrogens is 1. The van der Waals surface area contributed by atoms with Crippen molar-refractivity contribution in [3.05, 3.63) is 29.0 Å². The molecule has 0 aliphatic carbocycles. The molecular weight excluding hydrogens is 164 g/mol. The van der Waals surface area contributed by atoms with E-state index in [9.17, 15) is 4.79 Å². The van der Waals surface area contributed by atoms with Crippen molar-refractivity contribution in [2.75, 3.05) is 0 Å². The SMILES string of the molecule is O=C=NCc1cccc(Cl)n1. The molecule has 4 heteroatoms. The van der Waals surface area contributed by atoms with Crippen LogP contribution in [0.25, 0.3) is 0 Å². The Morgan fingerprint density at radius 3 is 3.09 bits per heavy atom. The zero-order chi connectivity index (χ0) is 8.10. The van der Waals surface area contributed by atoms with Crippen LogP contribution in [-0.4, -0.2) is 11.1 Å². The number of isocyanates is 1. The number of halogens is 1. The van der Waals surface area contributed by atoms with Crippen LogP contribution in [0.1, 0.15) is 5.69 Å². The van der Waals surface area contributed by atoms with E-state index in [0.29, 0.717) is 10.8 Å². The van der Waals surface area contributed by atoms with Crippen LogP contribution in [0.2, 0.25) is 5.15 Å². The summed E-state index contributed by atoms with van der Waals surface area (Å²) in [4.78, 5) is 17.0. The zero-order valence-electron chi connectivity index (χ0n) is 5.62. The van der Waals surface area contributed by atoms with Crippen LogP contribution >= 0.6 is 11.6 Å². The molecule has 0 fully saturated rings.